The summed E-state index contributed by atoms with van der Waals surface area (Å²) < 4.78 is 5.14. The Kier molecular flexibility index (Phi) is 7.61. The number of esters is 1. The maximum atomic E-state index is 12.2. The summed E-state index contributed by atoms with van der Waals surface area (Å²) in [5, 5.41) is 11.8. The van der Waals surface area contributed by atoms with Crippen LogP contribution in [0.1, 0.15) is 54.2 Å². The third-order valence-electron chi connectivity index (χ3n) is 7.10. The van der Waals surface area contributed by atoms with Gasteiger partial charge in [0, 0.05) is 36.1 Å². The van der Waals surface area contributed by atoms with E-state index in [2.05, 4.69) is 35.9 Å². The van der Waals surface area contributed by atoms with Crippen LogP contribution in [0.15, 0.2) is 77.8 Å². The minimum absolute atomic E-state index is 0.00794. The lowest BCUT2D eigenvalue weighted by Gasteiger charge is -2.35. The molecule has 38 heavy (non-hydrogen) atoms. The van der Waals surface area contributed by atoms with Gasteiger partial charge >= 0.3 is 5.97 Å². The molecule has 5 rings (SSSR count). The van der Waals surface area contributed by atoms with Gasteiger partial charge in [-0.25, -0.2) is 9.79 Å². The molecular weight excluding hydrogens is 474 g/mol. The molecule has 0 amide bonds. The molecule has 196 valence electrons. The first-order valence-electron chi connectivity index (χ1n) is 13.4. The zero-order valence-corrected chi connectivity index (χ0v) is 22.3. The highest BCUT2D eigenvalue weighted by atomic mass is 16.5. The Hall–Kier alpha value is -3.90. The van der Waals surface area contributed by atoms with Crippen LogP contribution in [0.4, 0.5) is 5.69 Å². The van der Waals surface area contributed by atoms with E-state index < -0.39 is 5.97 Å². The summed E-state index contributed by atoms with van der Waals surface area (Å²) in [5.41, 5.74) is 5.30. The number of nitrogens with one attached hydrogen (secondary N) is 1. The molecule has 0 aliphatic carbocycles. The van der Waals surface area contributed by atoms with Crippen molar-refractivity contribution in [1.29, 1.82) is 0 Å². The Morgan fingerprint density at radius 2 is 1.71 bits per heavy atom. The van der Waals surface area contributed by atoms with Gasteiger partial charge in [-0.3, -0.25) is 4.90 Å². The number of aromatic nitrogens is 1. The highest BCUT2D eigenvalue weighted by molar-refractivity contribution is 6.22. The largest absolute Gasteiger partial charge is 0.494 e. The van der Waals surface area contributed by atoms with E-state index in [0.29, 0.717) is 29.0 Å². The Balaban J connectivity index is 1.49. The van der Waals surface area contributed by atoms with Crippen molar-refractivity contribution in [2.24, 2.45) is 16.8 Å². The first-order chi connectivity index (χ1) is 18.4. The molecule has 1 saturated heterocycles. The molecule has 1 fully saturated rings. The highest BCUT2D eigenvalue weighted by Crippen LogP contribution is 2.32. The lowest BCUT2D eigenvalue weighted by molar-refractivity contribution is 0.0526. The minimum atomic E-state index is -0.393. The van der Waals surface area contributed by atoms with Crippen LogP contribution in [-0.2, 0) is 11.3 Å². The number of hydrogen-bond acceptors (Lipinski definition) is 5. The molecule has 6 heteroatoms. The predicted molar refractivity (Wildman–Crippen MR) is 152 cm³/mol. The second kappa shape index (κ2) is 11.2. The number of piperidine rings is 1. The predicted octanol–water partition coefficient (Wildman–Crippen LogP) is 6.70. The molecule has 0 spiro atoms. The van der Waals surface area contributed by atoms with Gasteiger partial charge in [0.2, 0.25) is 0 Å². The Morgan fingerprint density at radius 3 is 2.39 bits per heavy atom. The standard InChI is InChI=1S/C32H35N3O3/c1-4-38-32(37)25-12-15-27-28(17-25)34-31(36)29(27)30(24-8-6-5-7-9-24)33-26-13-10-23(11-14-26)20-35-18-21(2)16-22(3)19-35/h5-15,17,21-22,34,36H,4,16,18-20H2,1-3H3. The quantitative estimate of drug-likeness (QED) is 0.215. The van der Waals surface area contributed by atoms with Crippen LogP contribution >= 0.6 is 0 Å². The number of hydrogen-bond donors (Lipinski definition) is 2. The number of carbonyl (C=O) groups excluding carboxylic acids is 1. The second-order valence-corrected chi connectivity index (χ2v) is 10.5. The van der Waals surface area contributed by atoms with E-state index >= 15 is 0 Å². The number of rotatable bonds is 7. The molecule has 2 heterocycles. The molecule has 0 saturated carbocycles. The topological polar surface area (TPSA) is 77.9 Å². The fraction of sp³-hybridized carbons (Fsp3) is 0.312. The molecule has 1 aromatic heterocycles. The monoisotopic (exact) mass is 509 g/mol. The Bertz CT molecular complexity index is 1430. The smallest absolute Gasteiger partial charge is 0.338 e. The maximum absolute atomic E-state index is 12.2. The van der Waals surface area contributed by atoms with Crippen LogP contribution in [0.2, 0.25) is 0 Å². The van der Waals surface area contributed by atoms with Crippen molar-refractivity contribution in [3.05, 3.63) is 95.1 Å². The van der Waals surface area contributed by atoms with Gasteiger partial charge in [0.05, 0.1) is 29.1 Å². The molecule has 4 aromatic rings. The number of nitrogens with zero attached hydrogens (tertiary/aromatic N) is 2. The molecule has 3 aromatic carbocycles. The van der Waals surface area contributed by atoms with E-state index in [1.807, 2.05) is 48.5 Å². The molecule has 2 N–H and O–H groups in total. The zero-order chi connectivity index (χ0) is 26.6. The van der Waals surface area contributed by atoms with Crippen LogP contribution in [0, 0.1) is 11.8 Å². The first-order valence-corrected chi connectivity index (χ1v) is 13.4. The second-order valence-electron chi connectivity index (χ2n) is 10.5. The molecule has 0 bridgehead atoms. The van der Waals surface area contributed by atoms with Crippen molar-refractivity contribution >= 4 is 28.3 Å². The number of likely N-dealkylation sites (tertiary alicyclic amines) is 1. The molecule has 0 radical (unpaired) electrons. The number of ether oxygens (including phenoxy) is 1. The van der Waals surface area contributed by atoms with E-state index in [4.69, 9.17) is 9.73 Å². The molecule has 2 atom stereocenters. The minimum Gasteiger partial charge on any atom is -0.494 e. The van der Waals surface area contributed by atoms with Gasteiger partial charge in [-0.1, -0.05) is 62.4 Å². The van der Waals surface area contributed by atoms with Gasteiger partial charge in [0.15, 0.2) is 5.88 Å². The van der Waals surface area contributed by atoms with Gasteiger partial charge < -0.3 is 14.8 Å². The third-order valence-corrected chi connectivity index (χ3v) is 7.10. The first kappa shape index (κ1) is 25.7. The van der Waals surface area contributed by atoms with E-state index in [9.17, 15) is 9.90 Å². The van der Waals surface area contributed by atoms with Crippen molar-refractivity contribution < 1.29 is 14.6 Å². The molecule has 2 unspecified atom stereocenters. The van der Waals surface area contributed by atoms with Crippen LogP contribution in [-0.4, -0.2) is 46.4 Å². The summed E-state index contributed by atoms with van der Waals surface area (Å²) in [7, 11) is 0. The summed E-state index contributed by atoms with van der Waals surface area (Å²) in [6, 6.07) is 23.5. The number of benzene rings is 3. The van der Waals surface area contributed by atoms with Gasteiger partial charge in [0.1, 0.15) is 0 Å². The number of fused-ring (bicyclic) bond motifs is 1. The van der Waals surface area contributed by atoms with E-state index in [1.54, 1.807) is 19.1 Å². The number of H-pyrrole nitrogens is 1. The lowest BCUT2D eigenvalue weighted by atomic mass is 9.91. The number of aromatic hydroxyl groups is 1. The highest BCUT2D eigenvalue weighted by Gasteiger charge is 2.22. The van der Waals surface area contributed by atoms with Gasteiger partial charge in [-0.15, -0.1) is 0 Å². The molecular formula is C32H35N3O3. The molecule has 1 aliphatic rings. The third kappa shape index (κ3) is 5.65. The molecule has 6 nitrogen and oxygen atoms in total. The van der Waals surface area contributed by atoms with E-state index in [-0.39, 0.29) is 5.88 Å². The van der Waals surface area contributed by atoms with Crippen molar-refractivity contribution in [1.82, 2.24) is 9.88 Å². The Morgan fingerprint density at radius 1 is 1.00 bits per heavy atom. The fourth-order valence-corrected chi connectivity index (χ4v) is 5.61. The average molecular weight is 510 g/mol. The molecule has 1 aliphatic heterocycles. The van der Waals surface area contributed by atoms with Crippen molar-refractivity contribution in [3.63, 3.8) is 0 Å². The number of carbonyl (C=O) groups is 1. The van der Waals surface area contributed by atoms with E-state index in [1.165, 1.54) is 12.0 Å². The van der Waals surface area contributed by atoms with Gasteiger partial charge in [-0.2, -0.15) is 0 Å². The summed E-state index contributed by atoms with van der Waals surface area (Å²) in [6.07, 6.45) is 1.30. The van der Waals surface area contributed by atoms with Crippen molar-refractivity contribution in [2.45, 2.75) is 33.7 Å². The lowest BCUT2D eigenvalue weighted by Crippen LogP contribution is -2.38. The summed E-state index contributed by atoms with van der Waals surface area (Å²) in [6.45, 7) is 9.97. The number of aliphatic imine (C=N–C) groups is 1. The van der Waals surface area contributed by atoms with Crippen LogP contribution in [0.3, 0.4) is 0 Å². The van der Waals surface area contributed by atoms with Gasteiger partial charge in [0.25, 0.3) is 0 Å². The average Bonchev–Trinajstić information content (AvgIpc) is 3.23. The number of aromatic amines is 1. The summed E-state index contributed by atoms with van der Waals surface area (Å²) >= 11 is 0. The van der Waals surface area contributed by atoms with E-state index in [0.717, 1.165) is 48.1 Å². The van der Waals surface area contributed by atoms with Gasteiger partial charge in [-0.05, 0) is 55.0 Å². The SMILES string of the molecule is CCOC(=O)c1ccc2c(C(=Nc3ccc(CN4CC(C)CC(C)C4)cc3)c3ccccc3)c(O)[nH]c2c1. The van der Waals surface area contributed by atoms with Crippen molar-refractivity contribution in [3.8, 4) is 5.88 Å². The van der Waals surface area contributed by atoms with Crippen LogP contribution in [0.25, 0.3) is 10.9 Å². The normalized spacial score (nSPS) is 18.6. The van der Waals surface area contributed by atoms with Crippen molar-refractivity contribution in [2.75, 3.05) is 19.7 Å². The maximum Gasteiger partial charge on any atom is 0.338 e. The van der Waals surface area contributed by atoms with Crippen LogP contribution in [0.5, 0.6) is 5.88 Å². The fourth-order valence-electron chi connectivity index (χ4n) is 5.61. The van der Waals surface area contributed by atoms with Crippen LogP contribution < -0.4 is 0 Å². The summed E-state index contributed by atoms with van der Waals surface area (Å²) in [4.78, 5) is 22.8. The Labute approximate surface area is 224 Å². The summed E-state index contributed by atoms with van der Waals surface area (Å²) in [5.74, 6) is 1.07. The zero-order valence-electron chi connectivity index (χ0n) is 22.3.